The molecule has 2 rings (SSSR count). The lowest BCUT2D eigenvalue weighted by Crippen LogP contribution is -2.14. The highest BCUT2D eigenvalue weighted by molar-refractivity contribution is 7.99. The maximum Gasteiger partial charge on any atom is 0.295 e. The van der Waals surface area contributed by atoms with Crippen molar-refractivity contribution in [2.75, 3.05) is 12.4 Å². The third-order valence-corrected chi connectivity index (χ3v) is 3.77. The summed E-state index contributed by atoms with van der Waals surface area (Å²) in [5, 5.41) is 29.7. The maximum absolute atomic E-state index is 10.9. The molecule has 2 N–H and O–H groups in total. The number of rotatable bonds is 5. The first kappa shape index (κ1) is 13.7. The quantitative estimate of drug-likeness (QED) is 0.490. The largest absolute Gasteiger partial charge is 0.394 e. The fourth-order valence-electron chi connectivity index (χ4n) is 1.64. The van der Waals surface area contributed by atoms with E-state index in [4.69, 9.17) is 5.11 Å². The fraction of sp³-hybridized carbons (Fsp3) is 0.250. The molecule has 0 bridgehead atoms. The van der Waals surface area contributed by atoms with Crippen LogP contribution in [0, 0.1) is 10.1 Å². The number of nitro benzene ring substituents is 1. The van der Waals surface area contributed by atoms with Gasteiger partial charge in [-0.3, -0.25) is 10.1 Å². The van der Waals surface area contributed by atoms with Gasteiger partial charge in [-0.25, -0.2) is 4.98 Å². The SMILES string of the molecule is O=[N+]([O-])c1ccc(SCC(O)CO)c2cccnc12. The van der Waals surface area contributed by atoms with Crippen LogP contribution in [0.5, 0.6) is 0 Å². The number of benzene rings is 1. The number of thioether (sulfide) groups is 1. The van der Waals surface area contributed by atoms with Crippen molar-refractivity contribution in [3.63, 3.8) is 0 Å². The van der Waals surface area contributed by atoms with Crippen molar-refractivity contribution in [1.82, 2.24) is 4.98 Å². The van der Waals surface area contributed by atoms with Gasteiger partial charge in [0.15, 0.2) is 0 Å². The summed E-state index contributed by atoms with van der Waals surface area (Å²) in [6.07, 6.45) is 0.693. The van der Waals surface area contributed by atoms with E-state index in [0.29, 0.717) is 16.7 Å². The van der Waals surface area contributed by atoms with E-state index < -0.39 is 11.0 Å². The minimum absolute atomic E-state index is 0.0392. The maximum atomic E-state index is 10.9. The molecule has 0 aliphatic rings. The van der Waals surface area contributed by atoms with Crippen LogP contribution < -0.4 is 0 Å². The number of non-ortho nitro benzene ring substituents is 1. The van der Waals surface area contributed by atoms with Crippen molar-refractivity contribution in [1.29, 1.82) is 0 Å². The molecule has 0 aliphatic heterocycles. The second kappa shape index (κ2) is 5.96. The number of aliphatic hydroxyl groups excluding tert-OH is 2. The predicted octanol–water partition coefficient (Wildman–Crippen LogP) is 1.59. The van der Waals surface area contributed by atoms with Gasteiger partial charge in [-0.1, -0.05) is 0 Å². The summed E-state index contributed by atoms with van der Waals surface area (Å²) in [5.74, 6) is 0.318. The standard InChI is InChI=1S/C12H12N2O4S/c15-6-8(16)7-19-11-4-3-10(14(17)18)12-9(11)2-1-5-13-12/h1-5,8,15-16H,6-7H2. The van der Waals surface area contributed by atoms with Crippen LogP contribution in [-0.2, 0) is 0 Å². The lowest BCUT2D eigenvalue weighted by atomic mass is 10.2. The molecule has 0 amide bonds. The van der Waals surface area contributed by atoms with Crippen molar-refractivity contribution >= 4 is 28.4 Å². The fourth-order valence-corrected chi connectivity index (χ4v) is 2.61. The molecular weight excluding hydrogens is 268 g/mol. The van der Waals surface area contributed by atoms with Crippen LogP contribution in [0.15, 0.2) is 35.4 Å². The molecule has 0 fully saturated rings. The average molecular weight is 280 g/mol. The number of hydrogen-bond acceptors (Lipinski definition) is 6. The van der Waals surface area contributed by atoms with Gasteiger partial charge in [0.05, 0.1) is 17.6 Å². The van der Waals surface area contributed by atoms with Gasteiger partial charge in [-0.2, -0.15) is 0 Å². The number of aliphatic hydroxyl groups is 2. The van der Waals surface area contributed by atoms with E-state index in [-0.39, 0.29) is 12.3 Å². The molecule has 0 aliphatic carbocycles. The summed E-state index contributed by atoms with van der Waals surface area (Å²) in [7, 11) is 0. The van der Waals surface area contributed by atoms with Gasteiger partial charge in [0.25, 0.3) is 5.69 Å². The zero-order chi connectivity index (χ0) is 13.8. The highest BCUT2D eigenvalue weighted by Crippen LogP contribution is 2.32. The van der Waals surface area contributed by atoms with Crippen molar-refractivity contribution < 1.29 is 15.1 Å². The van der Waals surface area contributed by atoms with Crippen molar-refractivity contribution in [3.05, 3.63) is 40.6 Å². The zero-order valence-corrected chi connectivity index (χ0v) is 10.7. The first-order chi connectivity index (χ1) is 9.13. The minimum atomic E-state index is -0.813. The Kier molecular flexibility index (Phi) is 4.31. The van der Waals surface area contributed by atoms with Crippen LogP contribution in [0.1, 0.15) is 0 Å². The lowest BCUT2D eigenvalue weighted by Gasteiger charge is -2.08. The smallest absolute Gasteiger partial charge is 0.295 e. The Hall–Kier alpha value is -1.70. The number of fused-ring (bicyclic) bond motifs is 1. The Morgan fingerprint density at radius 1 is 1.42 bits per heavy atom. The highest BCUT2D eigenvalue weighted by atomic mass is 32.2. The van der Waals surface area contributed by atoms with E-state index in [0.717, 1.165) is 4.90 Å². The summed E-state index contributed by atoms with van der Waals surface area (Å²) >= 11 is 1.33. The molecule has 100 valence electrons. The first-order valence-corrected chi connectivity index (χ1v) is 6.56. The van der Waals surface area contributed by atoms with Crippen molar-refractivity contribution in [3.8, 4) is 0 Å². The Morgan fingerprint density at radius 2 is 2.21 bits per heavy atom. The van der Waals surface area contributed by atoms with Gasteiger partial charge >= 0.3 is 0 Å². The molecule has 1 atom stereocenters. The Bertz CT molecular complexity index is 605. The Morgan fingerprint density at radius 3 is 2.89 bits per heavy atom. The van der Waals surface area contributed by atoms with Gasteiger partial charge in [0.2, 0.25) is 0 Å². The van der Waals surface area contributed by atoms with Crippen LogP contribution in [0.4, 0.5) is 5.69 Å². The molecule has 1 heterocycles. The molecule has 1 aromatic heterocycles. The van der Waals surface area contributed by atoms with Crippen LogP contribution in [0.25, 0.3) is 10.9 Å². The van der Waals surface area contributed by atoms with E-state index in [1.807, 2.05) is 0 Å². The van der Waals surface area contributed by atoms with Crippen LogP contribution in [0.2, 0.25) is 0 Å². The van der Waals surface area contributed by atoms with E-state index in [9.17, 15) is 15.2 Å². The lowest BCUT2D eigenvalue weighted by molar-refractivity contribution is -0.383. The summed E-state index contributed by atoms with van der Waals surface area (Å²) in [5.41, 5.74) is 0.290. The monoisotopic (exact) mass is 280 g/mol. The number of hydrogen-bond donors (Lipinski definition) is 2. The van der Waals surface area contributed by atoms with E-state index in [1.165, 1.54) is 24.0 Å². The van der Waals surface area contributed by atoms with Gasteiger partial charge in [-0.05, 0) is 18.2 Å². The first-order valence-electron chi connectivity index (χ1n) is 5.57. The van der Waals surface area contributed by atoms with Crippen molar-refractivity contribution in [2.24, 2.45) is 0 Å². The molecular formula is C12H12N2O4S. The molecule has 0 radical (unpaired) electrons. The van der Waals surface area contributed by atoms with Gasteiger partial charge in [0, 0.05) is 28.3 Å². The molecule has 19 heavy (non-hydrogen) atoms. The average Bonchev–Trinajstić information content (AvgIpc) is 2.43. The molecule has 6 nitrogen and oxygen atoms in total. The Balaban J connectivity index is 2.41. The third-order valence-electron chi connectivity index (χ3n) is 2.55. The summed E-state index contributed by atoms with van der Waals surface area (Å²) in [6.45, 7) is -0.309. The third kappa shape index (κ3) is 3.01. The molecule has 2 aromatic rings. The number of nitrogens with zero attached hydrogens (tertiary/aromatic N) is 2. The summed E-state index contributed by atoms with van der Waals surface area (Å²) in [6, 6.07) is 6.50. The summed E-state index contributed by atoms with van der Waals surface area (Å²) < 4.78 is 0. The van der Waals surface area contributed by atoms with Crippen LogP contribution >= 0.6 is 11.8 Å². The zero-order valence-electron chi connectivity index (χ0n) is 9.89. The predicted molar refractivity (Wildman–Crippen MR) is 72.2 cm³/mol. The van der Waals surface area contributed by atoms with Gasteiger partial charge in [-0.15, -0.1) is 11.8 Å². The highest BCUT2D eigenvalue weighted by Gasteiger charge is 2.16. The van der Waals surface area contributed by atoms with Crippen molar-refractivity contribution in [2.45, 2.75) is 11.0 Å². The molecule has 0 spiro atoms. The molecule has 0 saturated heterocycles. The van der Waals surface area contributed by atoms with E-state index in [2.05, 4.69) is 4.98 Å². The number of aromatic nitrogens is 1. The molecule has 1 unspecified atom stereocenters. The van der Waals surface area contributed by atoms with Gasteiger partial charge in [0.1, 0.15) is 5.52 Å². The van der Waals surface area contributed by atoms with Gasteiger partial charge < -0.3 is 10.2 Å². The van der Waals surface area contributed by atoms with Crippen LogP contribution in [-0.4, -0.2) is 38.6 Å². The number of pyridine rings is 1. The molecule has 0 saturated carbocycles. The Labute approximate surface area is 113 Å². The summed E-state index contributed by atoms with van der Waals surface area (Å²) in [4.78, 5) is 15.3. The number of nitro groups is 1. The van der Waals surface area contributed by atoms with Crippen LogP contribution in [0.3, 0.4) is 0 Å². The van der Waals surface area contributed by atoms with E-state index >= 15 is 0 Å². The normalized spacial score (nSPS) is 12.5. The second-order valence-electron chi connectivity index (χ2n) is 3.89. The van der Waals surface area contributed by atoms with E-state index in [1.54, 1.807) is 18.2 Å². The second-order valence-corrected chi connectivity index (χ2v) is 4.95. The molecule has 7 heteroatoms. The molecule has 1 aromatic carbocycles. The minimum Gasteiger partial charge on any atom is -0.394 e. The topological polar surface area (TPSA) is 96.5 Å².